The first-order valence-corrected chi connectivity index (χ1v) is 10.1. The van der Waals surface area contributed by atoms with Crippen molar-refractivity contribution >= 4 is 11.8 Å². The minimum atomic E-state index is 0.196. The van der Waals surface area contributed by atoms with Gasteiger partial charge in [0.15, 0.2) is 0 Å². The predicted molar refractivity (Wildman–Crippen MR) is 103 cm³/mol. The highest BCUT2D eigenvalue weighted by Crippen LogP contribution is 2.40. The van der Waals surface area contributed by atoms with E-state index in [0.717, 1.165) is 63.8 Å². The van der Waals surface area contributed by atoms with Crippen molar-refractivity contribution in [1.29, 1.82) is 0 Å². The largest absolute Gasteiger partial charge is 0.385 e. The van der Waals surface area contributed by atoms with Gasteiger partial charge in [0.1, 0.15) is 0 Å². The van der Waals surface area contributed by atoms with Crippen molar-refractivity contribution in [3.05, 3.63) is 30.1 Å². The molecule has 3 heterocycles. The number of aromatic nitrogens is 1. The first-order chi connectivity index (χ1) is 13.1. The number of pyridine rings is 1. The van der Waals surface area contributed by atoms with Gasteiger partial charge in [0.25, 0.3) is 0 Å². The second-order valence-electron chi connectivity index (χ2n) is 7.90. The second kappa shape index (κ2) is 9.31. The van der Waals surface area contributed by atoms with Crippen molar-refractivity contribution in [3.8, 4) is 0 Å². The summed E-state index contributed by atoms with van der Waals surface area (Å²) in [6.45, 7) is 3.93. The lowest BCUT2D eigenvalue weighted by Gasteiger charge is -2.47. The number of piperidine rings is 2. The van der Waals surface area contributed by atoms with Crippen molar-refractivity contribution in [3.63, 3.8) is 0 Å². The number of likely N-dealkylation sites (tertiary alicyclic amines) is 2. The zero-order chi connectivity index (χ0) is 19.1. The van der Waals surface area contributed by atoms with E-state index in [0.29, 0.717) is 19.4 Å². The molecule has 0 saturated carbocycles. The smallest absolute Gasteiger partial charge is 0.222 e. The summed E-state index contributed by atoms with van der Waals surface area (Å²) in [5, 5.41) is 0. The Bertz CT molecular complexity index is 627. The highest BCUT2D eigenvalue weighted by Gasteiger charge is 2.41. The Morgan fingerprint density at radius 1 is 1.30 bits per heavy atom. The molecule has 0 radical (unpaired) electrons. The van der Waals surface area contributed by atoms with Crippen LogP contribution in [0.15, 0.2) is 24.5 Å². The normalized spacial score (nSPS) is 19.5. The van der Waals surface area contributed by atoms with Gasteiger partial charge in [0, 0.05) is 65.1 Å². The SMILES string of the molecule is COCCCN1CC2(CCC1=O)CCN(C(=O)CCc1cccnc1)CC2. The third-order valence-corrected chi connectivity index (χ3v) is 6.05. The summed E-state index contributed by atoms with van der Waals surface area (Å²) < 4.78 is 5.11. The first-order valence-electron chi connectivity index (χ1n) is 10.1. The van der Waals surface area contributed by atoms with Gasteiger partial charge in [0.2, 0.25) is 11.8 Å². The zero-order valence-corrected chi connectivity index (χ0v) is 16.4. The molecular formula is C21H31N3O3. The molecule has 2 aliphatic heterocycles. The summed E-state index contributed by atoms with van der Waals surface area (Å²) in [6.07, 6.45) is 9.36. The standard InChI is InChI=1S/C21H31N3O3/c1-27-15-3-12-24-17-21(8-7-20(24)26)9-13-23(14-10-21)19(25)6-5-18-4-2-11-22-16-18/h2,4,11,16H,3,5-10,12-15,17H2,1H3. The highest BCUT2D eigenvalue weighted by atomic mass is 16.5. The molecule has 0 atom stereocenters. The summed E-state index contributed by atoms with van der Waals surface area (Å²) >= 11 is 0. The average molecular weight is 373 g/mol. The molecule has 2 fully saturated rings. The monoisotopic (exact) mass is 373 g/mol. The van der Waals surface area contributed by atoms with Crippen LogP contribution in [0.1, 0.15) is 44.1 Å². The summed E-state index contributed by atoms with van der Waals surface area (Å²) in [7, 11) is 1.69. The van der Waals surface area contributed by atoms with Crippen molar-refractivity contribution in [2.45, 2.75) is 44.9 Å². The number of rotatable bonds is 7. The van der Waals surface area contributed by atoms with E-state index in [4.69, 9.17) is 4.74 Å². The second-order valence-corrected chi connectivity index (χ2v) is 7.90. The molecule has 2 amide bonds. The molecule has 0 bridgehead atoms. The van der Waals surface area contributed by atoms with Crippen molar-refractivity contribution in [2.75, 3.05) is 39.9 Å². The van der Waals surface area contributed by atoms with E-state index in [9.17, 15) is 9.59 Å². The third-order valence-electron chi connectivity index (χ3n) is 6.05. The van der Waals surface area contributed by atoms with Crippen LogP contribution >= 0.6 is 0 Å². The number of hydrogen-bond donors (Lipinski definition) is 0. The van der Waals surface area contributed by atoms with Crippen LogP contribution in [-0.4, -0.2) is 66.5 Å². The van der Waals surface area contributed by atoms with E-state index in [1.807, 2.05) is 28.1 Å². The number of amides is 2. The fourth-order valence-corrected chi connectivity index (χ4v) is 4.30. The van der Waals surface area contributed by atoms with Crippen LogP contribution in [0.3, 0.4) is 0 Å². The van der Waals surface area contributed by atoms with Crippen molar-refractivity contribution < 1.29 is 14.3 Å². The number of carbonyl (C=O) groups excluding carboxylic acids is 2. The summed E-state index contributed by atoms with van der Waals surface area (Å²) in [4.78, 5) is 32.9. The van der Waals surface area contributed by atoms with E-state index in [-0.39, 0.29) is 17.2 Å². The molecular weight excluding hydrogens is 342 g/mol. The van der Waals surface area contributed by atoms with E-state index in [1.165, 1.54) is 0 Å². The first kappa shape index (κ1) is 19.8. The van der Waals surface area contributed by atoms with Crippen LogP contribution in [0.25, 0.3) is 0 Å². The molecule has 3 rings (SSSR count). The van der Waals surface area contributed by atoms with Gasteiger partial charge in [-0.25, -0.2) is 0 Å². The van der Waals surface area contributed by atoms with E-state index in [2.05, 4.69) is 4.98 Å². The van der Waals surface area contributed by atoms with Crippen molar-refractivity contribution in [2.24, 2.45) is 5.41 Å². The Morgan fingerprint density at radius 3 is 2.81 bits per heavy atom. The molecule has 0 aliphatic carbocycles. The van der Waals surface area contributed by atoms with E-state index < -0.39 is 0 Å². The van der Waals surface area contributed by atoms with Gasteiger partial charge in [-0.2, -0.15) is 0 Å². The summed E-state index contributed by atoms with van der Waals surface area (Å²) in [5.74, 6) is 0.504. The van der Waals surface area contributed by atoms with Crippen LogP contribution in [0.2, 0.25) is 0 Å². The molecule has 1 spiro atoms. The Hall–Kier alpha value is -1.95. The fraction of sp³-hybridized carbons (Fsp3) is 0.667. The number of aryl methyl sites for hydroxylation is 1. The average Bonchev–Trinajstić information content (AvgIpc) is 2.70. The topological polar surface area (TPSA) is 62.7 Å². The van der Waals surface area contributed by atoms with Crippen LogP contribution in [-0.2, 0) is 20.7 Å². The molecule has 0 N–H and O–H groups in total. The Labute approximate surface area is 161 Å². The molecule has 1 aromatic heterocycles. The van der Waals surface area contributed by atoms with Crippen molar-refractivity contribution in [1.82, 2.24) is 14.8 Å². The molecule has 2 saturated heterocycles. The van der Waals surface area contributed by atoms with Gasteiger partial charge in [-0.3, -0.25) is 14.6 Å². The van der Waals surface area contributed by atoms with Gasteiger partial charge < -0.3 is 14.5 Å². The number of ether oxygens (including phenoxy) is 1. The predicted octanol–water partition coefficient (Wildman–Crippen LogP) is 2.28. The maximum absolute atomic E-state index is 12.6. The lowest BCUT2D eigenvalue weighted by atomic mass is 9.72. The quantitative estimate of drug-likeness (QED) is 0.688. The van der Waals surface area contributed by atoms with Crippen LogP contribution in [0, 0.1) is 5.41 Å². The highest BCUT2D eigenvalue weighted by molar-refractivity contribution is 5.77. The van der Waals surface area contributed by atoms with Crippen LogP contribution < -0.4 is 0 Å². The van der Waals surface area contributed by atoms with Crippen LogP contribution in [0.4, 0.5) is 0 Å². The Balaban J connectivity index is 1.47. The van der Waals surface area contributed by atoms with Gasteiger partial charge >= 0.3 is 0 Å². The lowest BCUT2D eigenvalue weighted by Crippen LogP contribution is -2.52. The maximum atomic E-state index is 12.6. The number of carbonyl (C=O) groups is 2. The van der Waals surface area contributed by atoms with Gasteiger partial charge in [0.05, 0.1) is 0 Å². The van der Waals surface area contributed by atoms with Gasteiger partial charge in [-0.05, 0) is 49.1 Å². The third kappa shape index (κ3) is 5.28. The van der Waals surface area contributed by atoms with Crippen LogP contribution in [0.5, 0.6) is 0 Å². The molecule has 2 aliphatic rings. The molecule has 6 heteroatoms. The molecule has 148 valence electrons. The molecule has 27 heavy (non-hydrogen) atoms. The Kier molecular flexibility index (Phi) is 6.83. The van der Waals surface area contributed by atoms with Gasteiger partial charge in [-0.1, -0.05) is 6.07 Å². The molecule has 0 unspecified atom stereocenters. The zero-order valence-electron chi connectivity index (χ0n) is 16.4. The number of nitrogens with zero attached hydrogens (tertiary/aromatic N) is 3. The Morgan fingerprint density at radius 2 is 2.11 bits per heavy atom. The van der Waals surface area contributed by atoms with E-state index >= 15 is 0 Å². The molecule has 1 aromatic rings. The minimum absolute atomic E-state index is 0.196. The number of hydrogen-bond acceptors (Lipinski definition) is 4. The summed E-state index contributed by atoms with van der Waals surface area (Å²) in [6, 6.07) is 3.93. The lowest BCUT2D eigenvalue weighted by molar-refractivity contribution is -0.142. The minimum Gasteiger partial charge on any atom is -0.385 e. The fourth-order valence-electron chi connectivity index (χ4n) is 4.30. The number of methoxy groups -OCH3 is 1. The van der Waals surface area contributed by atoms with E-state index in [1.54, 1.807) is 13.3 Å². The molecule has 6 nitrogen and oxygen atoms in total. The van der Waals surface area contributed by atoms with Gasteiger partial charge in [-0.15, -0.1) is 0 Å². The maximum Gasteiger partial charge on any atom is 0.222 e. The summed E-state index contributed by atoms with van der Waals surface area (Å²) in [5.41, 5.74) is 1.30. The molecule has 0 aromatic carbocycles.